The van der Waals surface area contributed by atoms with Crippen molar-refractivity contribution in [2.75, 3.05) is 6.54 Å². The summed E-state index contributed by atoms with van der Waals surface area (Å²) in [5, 5.41) is 0.745. The highest BCUT2D eigenvalue weighted by atomic mass is 32.1. The summed E-state index contributed by atoms with van der Waals surface area (Å²) in [6, 6.07) is 4.69. The van der Waals surface area contributed by atoms with Crippen molar-refractivity contribution in [1.29, 1.82) is 0 Å². The van der Waals surface area contributed by atoms with Crippen LogP contribution >= 0.6 is 11.3 Å². The van der Waals surface area contributed by atoms with Crippen LogP contribution in [0.2, 0.25) is 0 Å². The molecule has 1 N–H and O–H groups in total. The fourth-order valence-electron chi connectivity index (χ4n) is 3.73. The topological polar surface area (TPSA) is 61.9 Å². The number of amides is 1. The average molecular weight is 370 g/mol. The van der Waals surface area contributed by atoms with E-state index in [-0.39, 0.29) is 17.8 Å². The maximum Gasteiger partial charge on any atom is 0.223 e. The van der Waals surface area contributed by atoms with E-state index in [1.807, 2.05) is 11.0 Å². The number of thiazole rings is 1. The number of hydrogen-bond donors (Lipinski definition) is 1. The van der Waals surface area contributed by atoms with Crippen LogP contribution in [0.3, 0.4) is 0 Å². The van der Waals surface area contributed by atoms with Gasteiger partial charge in [0.05, 0.1) is 22.4 Å². The summed E-state index contributed by atoms with van der Waals surface area (Å²) < 4.78 is 14.9. The minimum absolute atomic E-state index is 0.155. The Morgan fingerprint density at radius 3 is 3.08 bits per heavy atom. The van der Waals surface area contributed by atoms with Gasteiger partial charge in [-0.1, -0.05) is 18.9 Å². The highest BCUT2D eigenvalue weighted by Crippen LogP contribution is 2.39. The van der Waals surface area contributed by atoms with Gasteiger partial charge in [-0.15, -0.1) is 11.3 Å². The number of H-pyrrole nitrogens is 1. The van der Waals surface area contributed by atoms with Crippen molar-refractivity contribution in [3.8, 4) is 0 Å². The van der Waals surface area contributed by atoms with Crippen molar-refractivity contribution in [2.45, 2.75) is 38.1 Å². The molecule has 2 aromatic heterocycles. The molecule has 3 aromatic rings. The highest BCUT2D eigenvalue weighted by molar-refractivity contribution is 7.18. The van der Waals surface area contributed by atoms with E-state index >= 15 is 0 Å². The first kappa shape index (κ1) is 15.9. The van der Waals surface area contributed by atoms with Crippen LogP contribution < -0.4 is 0 Å². The standard InChI is InChI=1S/C19H19FN4OS/c20-12-2-1-3-14-16(12)23-19(26-14)18-17-13(21-10-22-17)8-9-24(18)15(25)7-6-11-4-5-11/h1-3,10-11,18H,4-9H2,(H,21,22)/t18-/m0/s1. The third-order valence-corrected chi connectivity index (χ3v) is 6.40. The van der Waals surface area contributed by atoms with Crippen LogP contribution in [0.25, 0.3) is 10.2 Å². The number of imidazole rings is 1. The van der Waals surface area contributed by atoms with Crippen molar-refractivity contribution in [3.05, 3.63) is 46.7 Å². The molecule has 1 amide bonds. The molecule has 3 heterocycles. The smallest absolute Gasteiger partial charge is 0.223 e. The molecule has 0 unspecified atom stereocenters. The number of nitrogens with one attached hydrogen (secondary N) is 1. The van der Waals surface area contributed by atoms with Crippen LogP contribution in [0.5, 0.6) is 0 Å². The summed E-state index contributed by atoms with van der Waals surface area (Å²) in [7, 11) is 0. The molecule has 1 saturated carbocycles. The Balaban J connectivity index is 1.54. The Labute approximate surface area is 154 Å². The SMILES string of the molecule is O=C(CCC1CC1)N1CCc2nc[nH]c2[C@H]1c1nc2c(F)cccc2s1. The number of aromatic nitrogens is 3. The van der Waals surface area contributed by atoms with Gasteiger partial charge in [0, 0.05) is 19.4 Å². The van der Waals surface area contributed by atoms with E-state index in [0.29, 0.717) is 18.5 Å². The maximum atomic E-state index is 14.1. The van der Waals surface area contributed by atoms with E-state index in [4.69, 9.17) is 0 Å². The minimum atomic E-state index is -0.322. The zero-order valence-electron chi connectivity index (χ0n) is 14.2. The maximum absolute atomic E-state index is 14.1. The predicted octanol–water partition coefficient (Wildman–Crippen LogP) is 3.82. The molecule has 5 rings (SSSR count). The molecule has 1 aliphatic carbocycles. The normalized spacial score (nSPS) is 19.7. The number of nitrogens with zero attached hydrogens (tertiary/aromatic N) is 3. The average Bonchev–Trinajstić information content (AvgIpc) is 3.17. The molecule has 1 aliphatic heterocycles. The highest BCUT2D eigenvalue weighted by Gasteiger charge is 2.36. The molecule has 0 bridgehead atoms. The van der Waals surface area contributed by atoms with Gasteiger partial charge in [-0.3, -0.25) is 4.79 Å². The molecule has 0 saturated heterocycles. The molecule has 2 aliphatic rings. The molecule has 1 fully saturated rings. The lowest BCUT2D eigenvalue weighted by atomic mass is 10.0. The van der Waals surface area contributed by atoms with Gasteiger partial charge in [0.2, 0.25) is 5.91 Å². The first-order chi connectivity index (χ1) is 12.7. The van der Waals surface area contributed by atoms with Gasteiger partial charge in [0.15, 0.2) is 0 Å². The van der Waals surface area contributed by atoms with Crippen molar-refractivity contribution >= 4 is 27.5 Å². The molecular weight excluding hydrogens is 351 g/mol. The Morgan fingerprint density at radius 2 is 2.27 bits per heavy atom. The number of halogens is 1. The Kier molecular flexibility index (Phi) is 3.77. The summed E-state index contributed by atoms with van der Waals surface area (Å²) in [5.74, 6) is 0.556. The summed E-state index contributed by atoms with van der Waals surface area (Å²) in [4.78, 5) is 27.0. The molecule has 1 aromatic carbocycles. The van der Waals surface area contributed by atoms with Gasteiger partial charge < -0.3 is 9.88 Å². The molecule has 26 heavy (non-hydrogen) atoms. The van der Waals surface area contributed by atoms with E-state index < -0.39 is 0 Å². The number of rotatable bonds is 4. The predicted molar refractivity (Wildman–Crippen MR) is 97.4 cm³/mol. The number of hydrogen-bond acceptors (Lipinski definition) is 4. The van der Waals surface area contributed by atoms with Crippen LogP contribution in [0.15, 0.2) is 24.5 Å². The lowest BCUT2D eigenvalue weighted by molar-refractivity contribution is -0.133. The molecule has 5 nitrogen and oxygen atoms in total. The second-order valence-electron chi connectivity index (χ2n) is 7.12. The summed E-state index contributed by atoms with van der Waals surface area (Å²) in [5.41, 5.74) is 2.26. The monoisotopic (exact) mass is 370 g/mol. The first-order valence-corrected chi connectivity index (χ1v) is 9.89. The van der Waals surface area contributed by atoms with Crippen LogP contribution in [0.1, 0.15) is 48.1 Å². The number of carbonyl (C=O) groups excluding carboxylic acids is 1. The molecule has 1 atom stereocenters. The lowest BCUT2D eigenvalue weighted by Gasteiger charge is -2.34. The van der Waals surface area contributed by atoms with E-state index in [1.54, 1.807) is 12.4 Å². The van der Waals surface area contributed by atoms with Crippen molar-refractivity contribution in [1.82, 2.24) is 19.9 Å². The van der Waals surface area contributed by atoms with Crippen LogP contribution in [-0.4, -0.2) is 32.3 Å². The van der Waals surface area contributed by atoms with E-state index in [0.717, 1.165) is 39.9 Å². The van der Waals surface area contributed by atoms with Crippen molar-refractivity contribution in [2.24, 2.45) is 5.92 Å². The number of para-hydroxylation sites is 1. The third kappa shape index (κ3) is 2.70. The summed E-state index contributed by atoms with van der Waals surface area (Å²) in [6.07, 6.45) is 6.45. The third-order valence-electron chi connectivity index (χ3n) is 5.33. The lowest BCUT2D eigenvalue weighted by Crippen LogP contribution is -2.40. The van der Waals surface area contributed by atoms with Crippen molar-refractivity contribution < 1.29 is 9.18 Å². The largest absolute Gasteiger partial charge is 0.346 e. The van der Waals surface area contributed by atoms with E-state index in [2.05, 4.69) is 15.0 Å². The Hall–Kier alpha value is -2.28. The van der Waals surface area contributed by atoms with Gasteiger partial charge in [-0.25, -0.2) is 14.4 Å². The van der Waals surface area contributed by atoms with Crippen LogP contribution in [0.4, 0.5) is 4.39 Å². The van der Waals surface area contributed by atoms with Gasteiger partial charge in [0.25, 0.3) is 0 Å². The van der Waals surface area contributed by atoms with E-state index in [9.17, 15) is 9.18 Å². The second kappa shape index (κ2) is 6.16. The van der Waals surface area contributed by atoms with E-state index in [1.165, 1.54) is 30.2 Å². The number of aromatic amines is 1. The van der Waals surface area contributed by atoms with Gasteiger partial charge in [0.1, 0.15) is 22.4 Å². The number of carbonyl (C=O) groups is 1. The zero-order chi connectivity index (χ0) is 17.7. The fourth-order valence-corrected chi connectivity index (χ4v) is 4.84. The Morgan fingerprint density at radius 1 is 1.38 bits per heavy atom. The molecule has 0 spiro atoms. The van der Waals surface area contributed by atoms with Gasteiger partial charge >= 0.3 is 0 Å². The fraction of sp³-hybridized carbons (Fsp3) is 0.421. The number of fused-ring (bicyclic) bond motifs is 2. The zero-order valence-corrected chi connectivity index (χ0v) is 15.1. The van der Waals surface area contributed by atoms with Crippen molar-refractivity contribution in [3.63, 3.8) is 0 Å². The second-order valence-corrected chi connectivity index (χ2v) is 8.19. The molecular formula is C19H19FN4OS. The Bertz CT molecular complexity index is 977. The first-order valence-electron chi connectivity index (χ1n) is 9.07. The summed E-state index contributed by atoms with van der Waals surface area (Å²) >= 11 is 1.45. The molecule has 7 heteroatoms. The summed E-state index contributed by atoms with van der Waals surface area (Å²) in [6.45, 7) is 0.629. The number of benzene rings is 1. The minimum Gasteiger partial charge on any atom is -0.346 e. The van der Waals surface area contributed by atoms with Gasteiger partial charge in [-0.2, -0.15) is 0 Å². The molecule has 0 radical (unpaired) electrons. The molecule has 134 valence electrons. The van der Waals surface area contributed by atoms with Gasteiger partial charge in [-0.05, 0) is 24.5 Å². The quantitative estimate of drug-likeness (QED) is 0.759. The van der Waals surface area contributed by atoms with Crippen LogP contribution in [0, 0.1) is 11.7 Å². The van der Waals surface area contributed by atoms with Crippen LogP contribution in [-0.2, 0) is 11.2 Å².